The van der Waals surface area contributed by atoms with Gasteiger partial charge in [-0.05, 0) is 36.8 Å². The highest BCUT2D eigenvalue weighted by Crippen LogP contribution is 2.35. The molecule has 0 atom stereocenters. The van der Waals surface area contributed by atoms with Crippen molar-refractivity contribution >= 4 is 28.4 Å². The second-order valence-corrected chi connectivity index (χ2v) is 5.79. The number of anilines is 3. The zero-order valence-corrected chi connectivity index (χ0v) is 14.4. The number of para-hydroxylation sites is 2. The van der Waals surface area contributed by atoms with E-state index in [0.29, 0.717) is 5.56 Å². The largest absolute Gasteiger partial charge is 0.301 e. The van der Waals surface area contributed by atoms with E-state index in [-0.39, 0.29) is 31.9 Å². The van der Waals surface area contributed by atoms with Gasteiger partial charge in [0.25, 0.3) is 5.69 Å². The molecule has 1 N–H and O–H groups in total. The normalized spacial score (nSPS) is 9.55. The Morgan fingerprint density at radius 1 is 0.793 bits per heavy atom. The summed E-state index contributed by atoms with van der Waals surface area (Å²) in [6, 6.07) is 20.8. The number of non-ortho nitro benzene ring substituents is 1. The Balaban J connectivity index is 0.00000210. The molecule has 0 aliphatic heterocycles. The van der Waals surface area contributed by atoms with Crippen LogP contribution in [0.4, 0.5) is 28.4 Å². The van der Waals surface area contributed by atoms with Crippen LogP contribution in [0.5, 0.6) is 0 Å². The molecule has 0 spiro atoms. The molecular weight excluding hydrogens is 372 g/mol. The minimum absolute atomic E-state index is 0. The molecular formula is C21H24N4O4. The summed E-state index contributed by atoms with van der Waals surface area (Å²) in [4.78, 5) is 21.3. The maximum Gasteiger partial charge on any atom is 0.301 e. The van der Waals surface area contributed by atoms with Crippen molar-refractivity contribution in [3.05, 3.63) is 98.6 Å². The van der Waals surface area contributed by atoms with E-state index in [1.165, 1.54) is 6.07 Å². The van der Waals surface area contributed by atoms with Gasteiger partial charge >= 0.3 is 5.69 Å². The first-order valence-corrected chi connectivity index (χ1v) is 8.07. The molecule has 8 nitrogen and oxygen atoms in total. The van der Waals surface area contributed by atoms with Crippen LogP contribution in [-0.4, -0.2) is 9.85 Å². The summed E-state index contributed by atoms with van der Waals surface area (Å²) in [5.74, 6) is 0. The number of nitrogens with zero attached hydrogens (tertiary/aromatic N) is 3. The number of hydrogen-bond donors (Lipinski definition) is 1. The summed E-state index contributed by atoms with van der Waals surface area (Å²) in [6.07, 6.45) is 0. The SMILES string of the molecule is C.C.Cc1cc([N+](=O)[O-])cc([N+](=O)[O-])c1NN(c1ccccc1)c1ccccc1. The Hall–Kier alpha value is -3.94. The number of nitro groups is 2. The third kappa shape index (κ3) is 5.07. The fourth-order valence-corrected chi connectivity index (χ4v) is 2.69. The first kappa shape index (κ1) is 23.1. The van der Waals surface area contributed by atoms with Gasteiger partial charge in [-0.3, -0.25) is 30.7 Å². The number of aryl methyl sites for hydroxylation is 1. The molecule has 0 aliphatic carbocycles. The number of hydrazine groups is 1. The molecule has 0 aromatic heterocycles. The standard InChI is InChI=1S/C19H16N4O4.2CH4/c1-14-12-17(22(24)25)13-18(23(26)27)19(14)20-21(15-8-4-2-5-9-15)16-10-6-3-7-11-16;;/h2-13,20H,1H3;2*1H4. The van der Waals surface area contributed by atoms with Crippen LogP contribution in [0.25, 0.3) is 0 Å². The molecule has 3 aromatic rings. The van der Waals surface area contributed by atoms with Crippen LogP contribution >= 0.6 is 0 Å². The maximum atomic E-state index is 11.5. The molecule has 0 saturated carbocycles. The van der Waals surface area contributed by atoms with Crippen molar-refractivity contribution < 1.29 is 9.85 Å². The minimum Gasteiger partial charge on any atom is -0.287 e. The smallest absolute Gasteiger partial charge is 0.287 e. The van der Waals surface area contributed by atoms with E-state index in [1.807, 2.05) is 60.7 Å². The monoisotopic (exact) mass is 396 g/mol. The number of nitro benzene ring substituents is 2. The second kappa shape index (κ2) is 9.84. The lowest BCUT2D eigenvalue weighted by Crippen LogP contribution is -2.25. The summed E-state index contributed by atoms with van der Waals surface area (Å²) in [5.41, 5.74) is 4.49. The van der Waals surface area contributed by atoms with Gasteiger partial charge in [-0.15, -0.1) is 0 Å². The molecule has 0 radical (unpaired) electrons. The zero-order chi connectivity index (χ0) is 19.4. The van der Waals surface area contributed by atoms with Crippen molar-refractivity contribution in [2.45, 2.75) is 21.8 Å². The van der Waals surface area contributed by atoms with Gasteiger partial charge in [-0.2, -0.15) is 0 Å². The highest BCUT2D eigenvalue weighted by Gasteiger charge is 2.24. The lowest BCUT2D eigenvalue weighted by Gasteiger charge is -2.27. The molecule has 3 rings (SSSR count). The summed E-state index contributed by atoms with van der Waals surface area (Å²) in [7, 11) is 0. The molecule has 3 aromatic carbocycles. The van der Waals surface area contributed by atoms with Crippen LogP contribution in [0.3, 0.4) is 0 Å². The molecule has 0 unspecified atom stereocenters. The van der Waals surface area contributed by atoms with Gasteiger partial charge in [0.2, 0.25) is 0 Å². The third-order valence-electron chi connectivity index (χ3n) is 3.96. The van der Waals surface area contributed by atoms with Crippen molar-refractivity contribution in [1.82, 2.24) is 0 Å². The molecule has 0 bridgehead atoms. The number of benzene rings is 3. The van der Waals surface area contributed by atoms with Gasteiger partial charge < -0.3 is 0 Å². The lowest BCUT2D eigenvalue weighted by atomic mass is 10.1. The van der Waals surface area contributed by atoms with Crippen molar-refractivity contribution in [2.75, 3.05) is 10.4 Å². The number of nitrogens with one attached hydrogen (secondary N) is 1. The van der Waals surface area contributed by atoms with E-state index in [9.17, 15) is 20.2 Å². The van der Waals surface area contributed by atoms with Gasteiger partial charge in [0.15, 0.2) is 0 Å². The van der Waals surface area contributed by atoms with E-state index in [1.54, 1.807) is 11.9 Å². The Labute approximate surface area is 169 Å². The predicted octanol–water partition coefficient (Wildman–Crippen LogP) is 6.25. The van der Waals surface area contributed by atoms with Crippen molar-refractivity contribution in [1.29, 1.82) is 0 Å². The molecule has 0 fully saturated rings. The lowest BCUT2D eigenvalue weighted by molar-refractivity contribution is -0.393. The van der Waals surface area contributed by atoms with Gasteiger partial charge in [0.05, 0.1) is 27.3 Å². The molecule has 0 saturated heterocycles. The molecule has 0 amide bonds. The first-order chi connectivity index (χ1) is 13.0. The van der Waals surface area contributed by atoms with Crippen LogP contribution in [0.15, 0.2) is 72.8 Å². The minimum atomic E-state index is -0.643. The fourth-order valence-electron chi connectivity index (χ4n) is 2.69. The highest BCUT2D eigenvalue weighted by atomic mass is 16.6. The summed E-state index contributed by atoms with van der Waals surface area (Å²) < 4.78 is 0. The van der Waals surface area contributed by atoms with Crippen LogP contribution in [0, 0.1) is 27.2 Å². The van der Waals surface area contributed by atoms with Gasteiger partial charge in [-0.25, -0.2) is 0 Å². The quantitative estimate of drug-likeness (QED) is 0.390. The van der Waals surface area contributed by atoms with Crippen molar-refractivity contribution in [3.63, 3.8) is 0 Å². The Kier molecular flexibility index (Phi) is 7.84. The average Bonchev–Trinajstić information content (AvgIpc) is 2.67. The van der Waals surface area contributed by atoms with Gasteiger partial charge in [0, 0.05) is 6.07 Å². The topological polar surface area (TPSA) is 102 Å². The second-order valence-electron chi connectivity index (χ2n) is 5.79. The number of rotatable bonds is 6. The Morgan fingerprint density at radius 3 is 1.69 bits per heavy atom. The van der Waals surface area contributed by atoms with E-state index in [4.69, 9.17) is 0 Å². The summed E-state index contributed by atoms with van der Waals surface area (Å²) in [6.45, 7) is 1.59. The van der Waals surface area contributed by atoms with Gasteiger partial charge in [0.1, 0.15) is 5.69 Å². The van der Waals surface area contributed by atoms with E-state index < -0.39 is 9.85 Å². The first-order valence-electron chi connectivity index (χ1n) is 8.07. The molecule has 0 heterocycles. The van der Waals surface area contributed by atoms with Crippen molar-refractivity contribution in [2.24, 2.45) is 0 Å². The zero-order valence-electron chi connectivity index (χ0n) is 14.4. The van der Waals surface area contributed by atoms with Gasteiger partial charge in [-0.1, -0.05) is 51.3 Å². The maximum absolute atomic E-state index is 11.5. The molecule has 29 heavy (non-hydrogen) atoms. The van der Waals surface area contributed by atoms with E-state index >= 15 is 0 Å². The van der Waals surface area contributed by atoms with Crippen molar-refractivity contribution in [3.8, 4) is 0 Å². The van der Waals surface area contributed by atoms with Crippen LogP contribution in [-0.2, 0) is 0 Å². The summed E-state index contributed by atoms with van der Waals surface area (Å²) >= 11 is 0. The van der Waals surface area contributed by atoms with E-state index in [0.717, 1.165) is 17.4 Å². The molecule has 8 heteroatoms. The predicted molar refractivity (Wildman–Crippen MR) is 117 cm³/mol. The van der Waals surface area contributed by atoms with Crippen LogP contribution in [0.1, 0.15) is 20.4 Å². The Bertz CT molecular complexity index is 939. The average molecular weight is 396 g/mol. The Morgan fingerprint density at radius 2 is 1.28 bits per heavy atom. The number of hydrogen-bond acceptors (Lipinski definition) is 6. The third-order valence-corrected chi connectivity index (χ3v) is 3.96. The molecule has 0 aliphatic rings. The fraction of sp³-hybridized carbons (Fsp3) is 0.143. The van der Waals surface area contributed by atoms with E-state index in [2.05, 4.69) is 5.43 Å². The summed E-state index contributed by atoms with van der Waals surface area (Å²) in [5, 5.41) is 24.3. The highest BCUT2D eigenvalue weighted by molar-refractivity contribution is 5.76. The molecule has 152 valence electrons. The van der Waals surface area contributed by atoms with Crippen LogP contribution < -0.4 is 10.4 Å². The van der Waals surface area contributed by atoms with Crippen LogP contribution in [0.2, 0.25) is 0 Å².